The predicted octanol–water partition coefficient (Wildman–Crippen LogP) is 4.31. The highest BCUT2D eigenvalue weighted by Gasteiger charge is 2.18. The summed E-state index contributed by atoms with van der Waals surface area (Å²) >= 11 is 4.92. The van der Waals surface area contributed by atoms with E-state index in [1.54, 1.807) is 18.1 Å². The number of carbonyl (C=O) groups is 1. The van der Waals surface area contributed by atoms with Gasteiger partial charge >= 0.3 is 0 Å². The summed E-state index contributed by atoms with van der Waals surface area (Å²) in [6.07, 6.45) is 1.76. The highest BCUT2D eigenvalue weighted by molar-refractivity contribution is 9.10. The van der Waals surface area contributed by atoms with Gasteiger partial charge in [0, 0.05) is 25.2 Å². The maximum absolute atomic E-state index is 12.8. The lowest BCUT2D eigenvalue weighted by Crippen LogP contribution is -2.27. The van der Waals surface area contributed by atoms with Gasteiger partial charge in [-0.3, -0.25) is 9.48 Å². The highest BCUT2D eigenvalue weighted by atomic mass is 79.9. The second-order valence-electron chi connectivity index (χ2n) is 6.54. The Labute approximate surface area is 180 Å². The van der Waals surface area contributed by atoms with Gasteiger partial charge in [0.2, 0.25) is 6.79 Å². The fourth-order valence-electron chi connectivity index (χ4n) is 3.00. The van der Waals surface area contributed by atoms with Gasteiger partial charge in [-0.25, -0.2) is 0 Å². The molecule has 0 saturated heterocycles. The number of amides is 1. The smallest absolute Gasteiger partial charge is 0.264 e. The Balaban J connectivity index is 1.37. The van der Waals surface area contributed by atoms with Crippen LogP contribution in [0.2, 0.25) is 0 Å². The zero-order valence-electron chi connectivity index (χ0n) is 16.1. The SMILES string of the molecule is CCn1ncc(Br)c1CN(C)C(=O)c1cc(COc2ccc3c(c2)OCO3)cs1. The quantitative estimate of drug-likeness (QED) is 0.507. The van der Waals surface area contributed by atoms with E-state index in [0.717, 1.165) is 28.0 Å². The molecular formula is C20H20BrN3O4S. The lowest BCUT2D eigenvalue weighted by atomic mass is 10.3. The molecule has 0 bridgehead atoms. The predicted molar refractivity (Wildman–Crippen MR) is 113 cm³/mol. The summed E-state index contributed by atoms with van der Waals surface area (Å²) in [6.45, 7) is 3.87. The number of carbonyl (C=O) groups excluding carboxylic acids is 1. The molecule has 29 heavy (non-hydrogen) atoms. The Morgan fingerprint density at radius 1 is 1.34 bits per heavy atom. The maximum Gasteiger partial charge on any atom is 0.264 e. The van der Waals surface area contributed by atoms with Crippen LogP contribution in [0.15, 0.2) is 40.3 Å². The molecule has 2 aromatic heterocycles. The number of fused-ring (bicyclic) bond motifs is 1. The van der Waals surface area contributed by atoms with E-state index in [9.17, 15) is 4.79 Å². The van der Waals surface area contributed by atoms with Crippen molar-refractivity contribution in [2.45, 2.75) is 26.6 Å². The first kappa shape index (κ1) is 19.8. The zero-order valence-corrected chi connectivity index (χ0v) is 18.5. The Kier molecular flexibility index (Phi) is 5.77. The third kappa shape index (κ3) is 4.25. The van der Waals surface area contributed by atoms with Crippen molar-refractivity contribution >= 4 is 33.2 Å². The first-order chi connectivity index (χ1) is 14.0. The largest absolute Gasteiger partial charge is 0.489 e. The lowest BCUT2D eigenvalue weighted by molar-refractivity contribution is 0.0786. The van der Waals surface area contributed by atoms with Crippen LogP contribution < -0.4 is 14.2 Å². The molecular weight excluding hydrogens is 458 g/mol. The van der Waals surface area contributed by atoms with E-state index < -0.39 is 0 Å². The van der Waals surface area contributed by atoms with Gasteiger partial charge in [0.25, 0.3) is 5.91 Å². The van der Waals surface area contributed by atoms with Gasteiger partial charge in [0.05, 0.1) is 27.8 Å². The summed E-state index contributed by atoms with van der Waals surface area (Å²) in [5.74, 6) is 2.07. The van der Waals surface area contributed by atoms with E-state index in [1.807, 2.05) is 41.3 Å². The van der Waals surface area contributed by atoms with Crippen molar-refractivity contribution < 1.29 is 19.0 Å². The van der Waals surface area contributed by atoms with E-state index in [-0.39, 0.29) is 12.7 Å². The first-order valence-corrected chi connectivity index (χ1v) is 10.8. The topological polar surface area (TPSA) is 65.8 Å². The molecule has 0 spiro atoms. The molecule has 0 radical (unpaired) electrons. The molecule has 1 amide bonds. The molecule has 4 rings (SSSR count). The standard InChI is InChI=1S/C20H20BrN3O4S/c1-3-24-16(15(21)8-22-24)9-23(2)20(25)19-6-13(11-29-19)10-26-14-4-5-17-18(7-14)28-12-27-17/h4-8,11H,3,9-10,12H2,1-2H3. The number of nitrogens with zero attached hydrogens (tertiary/aromatic N) is 3. The van der Waals surface area contributed by atoms with Gasteiger partial charge in [-0.15, -0.1) is 11.3 Å². The van der Waals surface area contributed by atoms with Gasteiger partial charge in [-0.2, -0.15) is 5.10 Å². The molecule has 0 saturated carbocycles. The molecule has 3 heterocycles. The molecule has 0 unspecified atom stereocenters. The van der Waals surface area contributed by atoms with Gasteiger partial charge in [0.1, 0.15) is 12.4 Å². The minimum atomic E-state index is -0.0277. The van der Waals surface area contributed by atoms with E-state index >= 15 is 0 Å². The van der Waals surface area contributed by atoms with Crippen molar-refractivity contribution in [3.05, 3.63) is 56.4 Å². The van der Waals surface area contributed by atoms with Crippen molar-refractivity contribution in [1.82, 2.24) is 14.7 Å². The Morgan fingerprint density at radius 2 is 2.17 bits per heavy atom. The van der Waals surface area contributed by atoms with Crippen LogP contribution >= 0.6 is 27.3 Å². The van der Waals surface area contributed by atoms with Crippen LogP contribution in [0, 0.1) is 0 Å². The molecule has 7 nitrogen and oxygen atoms in total. The molecule has 1 aliphatic rings. The molecule has 0 fully saturated rings. The van der Waals surface area contributed by atoms with Gasteiger partial charge in [-0.05, 0) is 46.4 Å². The molecule has 1 aliphatic heterocycles. The number of hydrogen-bond donors (Lipinski definition) is 0. The summed E-state index contributed by atoms with van der Waals surface area (Å²) in [5.41, 5.74) is 1.93. The van der Waals surface area contributed by atoms with E-state index in [0.29, 0.717) is 29.5 Å². The summed E-state index contributed by atoms with van der Waals surface area (Å²) in [6, 6.07) is 7.36. The van der Waals surface area contributed by atoms with Crippen LogP contribution in [-0.4, -0.2) is 34.4 Å². The fraction of sp³-hybridized carbons (Fsp3) is 0.300. The first-order valence-electron chi connectivity index (χ1n) is 9.10. The fourth-order valence-corrected chi connectivity index (χ4v) is 4.31. The van der Waals surface area contributed by atoms with Gasteiger partial charge < -0.3 is 19.1 Å². The van der Waals surface area contributed by atoms with Crippen LogP contribution in [0.1, 0.15) is 27.9 Å². The minimum Gasteiger partial charge on any atom is -0.489 e. The van der Waals surface area contributed by atoms with E-state index in [1.165, 1.54) is 11.3 Å². The number of thiophene rings is 1. The molecule has 0 aliphatic carbocycles. The Bertz CT molecular complexity index is 1030. The Morgan fingerprint density at radius 3 is 3.00 bits per heavy atom. The van der Waals surface area contributed by atoms with Crippen LogP contribution in [0.5, 0.6) is 17.2 Å². The van der Waals surface area contributed by atoms with Crippen LogP contribution in [0.4, 0.5) is 0 Å². The molecule has 3 aromatic rings. The number of aromatic nitrogens is 2. The maximum atomic E-state index is 12.8. The number of ether oxygens (including phenoxy) is 3. The normalized spacial score (nSPS) is 12.2. The van der Waals surface area contributed by atoms with Crippen molar-refractivity contribution in [2.75, 3.05) is 13.8 Å². The zero-order chi connectivity index (χ0) is 20.4. The third-order valence-corrected chi connectivity index (χ3v) is 6.17. The lowest BCUT2D eigenvalue weighted by Gasteiger charge is -2.17. The monoisotopic (exact) mass is 477 g/mol. The van der Waals surface area contributed by atoms with Crippen molar-refractivity contribution in [3.63, 3.8) is 0 Å². The molecule has 1 aromatic carbocycles. The van der Waals surface area contributed by atoms with Crippen molar-refractivity contribution in [3.8, 4) is 17.2 Å². The number of halogens is 1. The Hall–Kier alpha value is -2.52. The number of benzene rings is 1. The second-order valence-corrected chi connectivity index (χ2v) is 8.30. The molecule has 0 N–H and O–H groups in total. The third-order valence-electron chi connectivity index (χ3n) is 4.54. The average molecular weight is 478 g/mol. The van der Waals surface area contributed by atoms with Gasteiger partial charge in [0.15, 0.2) is 11.5 Å². The molecule has 9 heteroatoms. The minimum absolute atomic E-state index is 0.0277. The second kappa shape index (κ2) is 8.46. The number of rotatable bonds is 7. The van der Waals surface area contributed by atoms with Crippen LogP contribution in [0.3, 0.4) is 0 Å². The van der Waals surface area contributed by atoms with Gasteiger partial charge in [-0.1, -0.05) is 0 Å². The summed E-state index contributed by atoms with van der Waals surface area (Å²) in [7, 11) is 1.80. The summed E-state index contributed by atoms with van der Waals surface area (Å²) < 4.78 is 19.3. The number of hydrogen-bond acceptors (Lipinski definition) is 6. The van der Waals surface area contributed by atoms with E-state index in [2.05, 4.69) is 21.0 Å². The van der Waals surface area contributed by atoms with Crippen molar-refractivity contribution in [1.29, 1.82) is 0 Å². The average Bonchev–Trinajstić information content (AvgIpc) is 3.46. The van der Waals surface area contributed by atoms with E-state index in [4.69, 9.17) is 14.2 Å². The van der Waals surface area contributed by atoms with Crippen molar-refractivity contribution in [2.24, 2.45) is 0 Å². The number of aryl methyl sites for hydroxylation is 1. The van der Waals surface area contributed by atoms with Crippen LogP contribution in [0.25, 0.3) is 0 Å². The highest BCUT2D eigenvalue weighted by Crippen LogP contribution is 2.35. The summed E-state index contributed by atoms with van der Waals surface area (Å²) in [4.78, 5) is 15.2. The molecule has 152 valence electrons. The molecule has 0 atom stereocenters. The summed E-state index contributed by atoms with van der Waals surface area (Å²) in [5, 5.41) is 6.24. The van der Waals surface area contributed by atoms with Crippen LogP contribution in [-0.2, 0) is 19.7 Å².